The van der Waals surface area contributed by atoms with Gasteiger partial charge in [0, 0.05) is 25.2 Å². The van der Waals surface area contributed by atoms with E-state index in [1.54, 1.807) is 30.0 Å². The summed E-state index contributed by atoms with van der Waals surface area (Å²) < 4.78 is 5.28. The van der Waals surface area contributed by atoms with Crippen LogP contribution in [0.15, 0.2) is 24.3 Å². The third-order valence-corrected chi connectivity index (χ3v) is 6.17. The molecular formula is C21H31N3O3S. The maximum atomic E-state index is 12.9. The number of benzene rings is 1. The van der Waals surface area contributed by atoms with Crippen molar-refractivity contribution in [3.8, 4) is 5.75 Å². The van der Waals surface area contributed by atoms with Gasteiger partial charge in [0.2, 0.25) is 5.91 Å². The first-order valence-electron chi connectivity index (χ1n) is 10.1. The summed E-state index contributed by atoms with van der Waals surface area (Å²) in [4.78, 5) is 28.2. The van der Waals surface area contributed by atoms with E-state index in [2.05, 4.69) is 15.5 Å². The Morgan fingerprint density at radius 3 is 2.57 bits per heavy atom. The van der Waals surface area contributed by atoms with Crippen molar-refractivity contribution in [2.45, 2.75) is 50.2 Å². The predicted octanol–water partition coefficient (Wildman–Crippen LogP) is 2.29. The first-order chi connectivity index (χ1) is 13.6. The number of rotatable bonds is 9. The molecule has 1 saturated carbocycles. The van der Waals surface area contributed by atoms with Crippen LogP contribution in [0.2, 0.25) is 0 Å². The van der Waals surface area contributed by atoms with Crippen molar-refractivity contribution < 1.29 is 14.3 Å². The highest BCUT2D eigenvalue weighted by Crippen LogP contribution is 2.29. The lowest BCUT2D eigenvalue weighted by atomic mass is 10.0. The molecule has 1 heterocycles. The number of thioether (sulfide) groups is 1. The van der Waals surface area contributed by atoms with Crippen molar-refractivity contribution >= 4 is 23.6 Å². The molecule has 1 saturated heterocycles. The number of para-hydroxylation sites is 1. The van der Waals surface area contributed by atoms with Crippen LogP contribution in [0.25, 0.3) is 0 Å². The summed E-state index contributed by atoms with van der Waals surface area (Å²) in [7, 11) is 1.54. The lowest BCUT2D eigenvalue weighted by molar-refractivity contribution is -0.124. The maximum absolute atomic E-state index is 12.9. The largest absolute Gasteiger partial charge is 0.496 e. The first kappa shape index (κ1) is 21.0. The highest BCUT2D eigenvalue weighted by atomic mass is 32.2. The molecule has 7 heteroatoms. The zero-order valence-corrected chi connectivity index (χ0v) is 17.6. The van der Waals surface area contributed by atoms with Crippen molar-refractivity contribution in [3.05, 3.63) is 29.8 Å². The predicted molar refractivity (Wildman–Crippen MR) is 113 cm³/mol. The normalized spacial score (nSPS) is 19.1. The van der Waals surface area contributed by atoms with Crippen LogP contribution in [0.4, 0.5) is 0 Å². The van der Waals surface area contributed by atoms with E-state index in [-0.39, 0.29) is 17.9 Å². The van der Waals surface area contributed by atoms with Crippen molar-refractivity contribution in [2.75, 3.05) is 32.2 Å². The molecule has 0 radical (unpaired) electrons. The number of methoxy groups -OCH3 is 1. The van der Waals surface area contributed by atoms with Gasteiger partial charge in [0.1, 0.15) is 11.8 Å². The fourth-order valence-electron chi connectivity index (χ4n) is 3.72. The summed E-state index contributed by atoms with van der Waals surface area (Å²) in [6, 6.07) is 7.52. The monoisotopic (exact) mass is 405 g/mol. The molecule has 2 aliphatic rings. The molecule has 1 aliphatic carbocycles. The van der Waals surface area contributed by atoms with Gasteiger partial charge in [-0.1, -0.05) is 12.1 Å². The fourth-order valence-corrected chi connectivity index (χ4v) is 4.19. The van der Waals surface area contributed by atoms with E-state index >= 15 is 0 Å². The Balaban J connectivity index is 1.57. The highest BCUT2D eigenvalue weighted by molar-refractivity contribution is 7.98. The molecule has 1 aromatic carbocycles. The molecule has 154 valence electrons. The maximum Gasteiger partial charge on any atom is 0.255 e. The summed E-state index contributed by atoms with van der Waals surface area (Å²) >= 11 is 1.67. The number of carbonyl (C=O) groups is 2. The van der Waals surface area contributed by atoms with Gasteiger partial charge < -0.3 is 20.3 Å². The highest BCUT2D eigenvalue weighted by Gasteiger charge is 2.33. The van der Waals surface area contributed by atoms with Gasteiger partial charge in [-0.15, -0.1) is 0 Å². The van der Waals surface area contributed by atoms with E-state index in [4.69, 9.17) is 4.74 Å². The number of hydrogen-bond acceptors (Lipinski definition) is 5. The van der Waals surface area contributed by atoms with Crippen molar-refractivity contribution in [3.63, 3.8) is 0 Å². The van der Waals surface area contributed by atoms with Crippen molar-refractivity contribution in [1.82, 2.24) is 15.5 Å². The van der Waals surface area contributed by atoms with Gasteiger partial charge in [0.25, 0.3) is 5.91 Å². The van der Waals surface area contributed by atoms with E-state index in [1.165, 1.54) is 20.0 Å². The molecule has 1 atom stereocenters. The summed E-state index contributed by atoms with van der Waals surface area (Å²) in [5.74, 6) is 0.964. The lowest BCUT2D eigenvalue weighted by Crippen LogP contribution is -2.52. The lowest BCUT2D eigenvalue weighted by Gasteiger charge is -2.33. The molecule has 0 aromatic heterocycles. The summed E-state index contributed by atoms with van der Waals surface area (Å²) in [6.07, 6.45) is 7.22. The minimum absolute atomic E-state index is 0.0813. The molecule has 0 spiro atoms. The van der Waals surface area contributed by atoms with Gasteiger partial charge in [-0.2, -0.15) is 11.8 Å². The Kier molecular flexibility index (Phi) is 7.62. The van der Waals surface area contributed by atoms with Crippen LogP contribution < -0.4 is 15.4 Å². The summed E-state index contributed by atoms with van der Waals surface area (Å²) in [5.41, 5.74) is 0.449. The molecule has 1 unspecified atom stereocenters. The van der Waals surface area contributed by atoms with Crippen LogP contribution >= 0.6 is 11.8 Å². The van der Waals surface area contributed by atoms with Gasteiger partial charge in [-0.05, 0) is 56.2 Å². The molecule has 6 nitrogen and oxygen atoms in total. The standard InChI is InChI=1S/C21H31N3O3S/c1-27-19-6-4-3-5-17(19)20(25)23-18(11-14-28-2)21(26)22-15-9-12-24(13-10-15)16-7-8-16/h3-6,15-16,18H,7-14H2,1-2H3,(H,22,26)(H,23,25). The SMILES string of the molecule is COc1ccccc1C(=O)NC(CCSC)C(=O)NC1CCN(C2CC2)CC1. The molecule has 1 aliphatic heterocycles. The van der Waals surface area contributed by atoms with Crippen LogP contribution in [-0.2, 0) is 4.79 Å². The number of amides is 2. The van der Waals surface area contributed by atoms with E-state index in [0.29, 0.717) is 17.7 Å². The van der Waals surface area contributed by atoms with E-state index in [1.807, 2.05) is 12.3 Å². The van der Waals surface area contributed by atoms with Crippen LogP contribution in [-0.4, -0.2) is 67.0 Å². The van der Waals surface area contributed by atoms with Crippen LogP contribution in [0.3, 0.4) is 0 Å². The summed E-state index contributed by atoms with van der Waals surface area (Å²) in [5, 5.41) is 6.09. The van der Waals surface area contributed by atoms with Gasteiger partial charge in [-0.25, -0.2) is 0 Å². The minimum Gasteiger partial charge on any atom is -0.496 e. The molecular weight excluding hydrogens is 374 g/mol. The van der Waals surface area contributed by atoms with E-state index in [9.17, 15) is 9.59 Å². The molecule has 2 N–H and O–H groups in total. The second-order valence-electron chi connectivity index (χ2n) is 7.56. The first-order valence-corrected chi connectivity index (χ1v) is 11.5. The molecule has 2 amide bonds. The summed E-state index contributed by atoms with van der Waals surface area (Å²) in [6.45, 7) is 2.11. The van der Waals surface area contributed by atoms with Crippen molar-refractivity contribution in [2.24, 2.45) is 0 Å². The van der Waals surface area contributed by atoms with Crippen LogP contribution in [0, 0.1) is 0 Å². The Labute approximate surface area is 171 Å². The zero-order valence-electron chi connectivity index (χ0n) is 16.8. The number of likely N-dealkylation sites (tertiary alicyclic amines) is 1. The third kappa shape index (κ3) is 5.64. The molecule has 3 rings (SSSR count). The number of hydrogen-bond donors (Lipinski definition) is 2. The van der Waals surface area contributed by atoms with Gasteiger partial charge in [0.05, 0.1) is 12.7 Å². The van der Waals surface area contributed by atoms with Crippen molar-refractivity contribution in [1.29, 1.82) is 0 Å². The number of nitrogens with one attached hydrogen (secondary N) is 2. The third-order valence-electron chi connectivity index (χ3n) is 5.52. The smallest absolute Gasteiger partial charge is 0.255 e. The molecule has 0 bridgehead atoms. The topological polar surface area (TPSA) is 70.7 Å². The van der Waals surface area contributed by atoms with Gasteiger partial charge in [0.15, 0.2) is 0 Å². The Bertz CT molecular complexity index is 673. The van der Waals surface area contributed by atoms with Gasteiger partial charge >= 0.3 is 0 Å². The number of nitrogens with zero attached hydrogens (tertiary/aromatic N) is 1. The number of piperidine rings is 1. The zero-order chi connectivity index (χ0) is 19.9. The number of carbonyl (C=O) groups excluding carboxylic acids is 2. The molecule has 28 heavy (non-hydrogen) atoms. The quantitative estimate of drug-likeness (QED) is 0.660. The van der Waals surface area contributed by atoms with E-state index in [0.717, 1.165) is 37.7 Å². The average Bonchev–Trinajstić information content (AvgIpc) is 3.56. The minimum atomic E-state index is -0.536. The van der Waals surface area contributed by atoms with Crippen LogP contribution in [0.5, 0.6) is 5.75 Å². The Hall–Kier alpha value is -1.73. The second kappa shape index (κ2) is 10.2. The molecule has 2 fully saturated rings. The second-order valence-corrected chi connectivity index (χ2v) is 8.54. The average molecular weight is 406 g/mol. The Morgan fingerprint density at radius 2 is 1.93 bits per heavy atom. The Morgan fingerprint density at radius 1 is 1.21 bits per heavy atom. The fraction of sp³-hybridized carbons (Fsp3) is 0.619. The molecule has 1 aromatic rings. The van der Waals surface area contributed by atoms with Gasteiger partial charge in [-0.3, -0.25) is 9.59 Å². The van der Waals surface area contributed by atoms with Crippen LogP contribution in [0.1, 0.15) is 42.5 Å². The number of ether oxygens (including phenoxy) is 1. The van der Waals surface area contributed by atoms with E-state index < -0.39 is 6.04 Å².